The van der Waals surface area contributed by atoms with Crippen LogP contribution in [0.5, 0.6) is 0 Å². The van der Waals surface area contributed by atoms with Gasteiger partial charge in [0.1, 0.15) is 6.61 Å². The first-order valence-electron chi connectivity index (χ1n) is 4.27. The van der Waals surface area contributed by atoms with Gasteiger partial charge in [0, 0.05) is 20.1 Å². The molecule has 1 aliphatic heterocycles. The molecule has 0 amide bonds. The molecule has 0 aromatic rings. The SMILES string of the molecule is CCC1(COC)OCC(CN)O1. The van der Waals surface area contributed by atoms with Crippen molar-refractivity contribution in [3.8, 4) is 0 Å². The van der Waals surface area contributed by atoms with E-state index in [4.69, 9.17) is 19.9 Å². The third-order valence-electron chi connectivity index (χ3n) is 2.08. The molecule has 72 valence electrons. The molecule has 0 saturated carbocycles. The lowest BCUT2D eigenvalue weighted by Gasteiger charge is -2.25. The summed E-state index contributed by atoms with van der Waals surface area (Å²) in [5.74, 6) is -0.543. The number of rotatable bonds is 4. The van der Waals surface area contributed by atoms with Crippen molar-refractivity contribution in [1.29, 1.82) is 0 Å². The molecule has 1 fully saturated rings. The predicted molar refractivity (Wildman–Crippen MR) is 44.8 cm³/mol. The minimum Gasteiger partial charge on any atom is -0.379 e. The van der Waals surface area contributed by atoms with Gasteiger partial charge >= 0.3 is 0 Å². The van der Waals surface area contributed by atoms with Crippen molar-refractivity contribution in [2.24, 2.45) is 5.73 Å². The van der Waals surface area contributed by atoms with Crippen LogP contribution in [-0.4, -0.2) is 38.8 Å². The van der Waals surface area contributed by atoms with Crippen molar-refractivity contribution in [2.75, 3.05) is 26.9 Å². The molecular formula is C8H17NO3. The summed E-state index contributed by atoms with van der Waals surface area (Å²) in [6.45, 7) is 3.57. The Morgan fingerprint density at radius 2 is 2.42 bits per heavy atom. The van der Waals surface area contributed by atoms with Gasteiger partial charge < -0.3 is 19.9 Å². The van der Waals surface area contributed by atoms with Gasteiger partial charge in [-0.2, -0.15) is 0 Å². The summed E-state index contributed by atoms with van der Waals surface area (Å²) in [5, 5.41) is 0. The molecule has 2 unspecified atom stereocenters. The molecule has 12 heavy (non-hydrogen) atoms. The maximum atomic E-state index is 5.62. The average molecular weight is 175 g/mol. The van der Waals surface area contributed by atoms with E-state index in [1.807, 2.05) is 6.92 Å². The Hall–Kier alpha value is -0.160. The molecule has 2 N–H and O–H groups in total. The molecule has 0 aliphatic carbocycles. The molecular weight excluding hydrogens is 158 g/mol. The Bertz CT molecular complexity index is 142. The second kappa shape index (κ2) is 4.18. The van der Waals surface area contributed by atoms with Crippen molar-refractivity contribution in [2.45, 2.75) is 25.2 Å². The van der Waals surface area contributed by atoms with Crippen LogP contribution in [0.3, 0.4) is 0 Å². The van der Waals surface area contributed by atoms with Crippen LogP contribution < -0.4 is 5.73 Å². The van der Waals surface area contributed by atoms with Gasteiger partial charge in [-0.25, -0.2) is 0 Å². The number of ether oxygens (including phenoxy) is 3. The van der Waals surface area contributed by atoms with Gasteiger partial charge in [0.25, 0.3) is 0 Å². The van der Waals surface area contributed by atoms with E-state index in [1.54, 1.807) is 7.11 Å². The Balaban J connectivity index is 2.47. The van der Waals surface area contributed by atoms with Crippen molar-refractivity contribution in [3.63, 3.8) is 0 Å². The second-order valence-electron chi connectivity index (χ2n) is 2.98. The molecule has 1 saturated heterocycles. The third kappa shape index (κ3) is 1.95. The summed E-state index contributed by atoms with van der Waals surface area (Å²) in [6, 6.07) is 0. The first-order chi connectivity index (χ1) is 5.76. The van der Waals surface area contributed by atoms with Gasteiger partial charge in [0.05, 0.1) is 12.7 Å². The fraction of sp³-hybridized carbons (Fsp3) is 1.00. The lowest BCUT2D eigenvalue weighted by molar-refractivity contribution is -0.198. The standard InChI is InChI=1S/C8H17NO3/c1-3-8(6-10-2)11-5-7(4-9)12-8/h7H,3-6,9H2,1-2H3. The Kier molecular flexibility index (Phi) is 3.46. The van der Waals surface area contributed by atoms with Crippen molar-refractivity contribution in [1.82, 2.24) is 0 Å². The Morgan fingerprint density at radius 3 is 2.83 bits per heavy atom. The van der Waals surface area contributed by atoms with Gasteiger partial charge in [0.2, 0.25) is 0 Å². The van der Waals surface area contributed by atoms with Crippen molar-refractivity contribution < 1.29 is 14.2 Å². The van der Waals surface area contributed by atoms with E-state index in [0.717, 1.165) is 6.42 Å². The fourth-order valence-electron chi connectivity index (χ4n) is 1.32. The summed E-state index contributed by atoms with van der Waals surface area (Å²) in [7, 11) is 1.64. The normalized spacial score (nSPS) is 35.8. The largest absolute Gasteiger partial charge is 0.379 e. The van der Waals surface area contributed by atoms with E-state index < -0.39 is 5.79 Å². The Labute approximate surface area is 73.0 Å². The van der Waals surface area contributed by atoms with Crippen LogP contribution in [-0.2, 0) is 14.2 Å². The molecule has 4 heteroatoms. The average Bonchev–Trinajstić information content (AvgIpc) is 2.50. The summed E-state index contributed by atoms with van der Waals surface area (Å²) in [6.07, 6.45) is 0.817. The first-order valence-corrected chi connectivity index (χ1v) is 4.27. The van der Waals surface area contributed by atoms with Crippen LogP contribution in [0.2, 0.25) is 0 Å². The molecule has 0 spiro atoms. The number of hydrogen-bond donors (Lipinski definition) is 1. The summed E-state index contributed by atoms with van der Waals surface area (Å²) >= 11 is 0. The Morgan fingerprint density at radius 1 is 1.67 bits per heavy atom. The zero-order valence-corrected chi connectivity index (χ0v) is 7.71. The van der Waals surface area contributed by atoms with E-state index in [0.29, 0.717) is 19.8 Å². The summed E-state index contributed by atoms with van der Waals surface area (Å²) in [4.78, 5) is 0. The molecule has 1 aliphatic rings. The molecule has 2 atom stereocenters. The molecule has 1 heterocycles. The molecule has 0 aromatic carbocycles. The highest BCUT2D eigenvalue weighted by molar-refractivity contribution is 4.77. The van der Waals surface area contributed by atoms with Gasteiger partial charge in [0.15, 0.2) is 5.79 Å². The highest BCUT2D eigenvalue weighted by atomic mass is 16.8. The smallest absolute Gasteiger partial charge is 0.192 e. The molecule has 0 radical (unpaired) electrons. The minimum absolute atomic E-state index is 0.0279. The van der Waals surface area contributed by atoms with E-state index >= 15 is 0 Å². The topological polar surface area (TPSA) is 53.7 Å². The van der Waals surface area contributed by atoms with Gasteiger partial charge in [-0.15, -0.1) is 0 Å². The lowest BCUT2D eigenvalue weighted by atomic mass is 10.2. The molecule has 4 nitrogen and oxygen atoms in total. The van der Waals surface area contributed by atoms with Crippen LogP contribution in [0.25, 0.3) is 0 Å². The van der Waals surface area contributed by atoms with E-state index in [-0.39, 0.29) is 6.10 Å². The highest BCUT2D eigenvalue weighted by Gasteiger charge is 2.39. The molecule has 0 bridgehead atoms. The van der Waals surface area contributed by atoms with Gasteiger partial charge in [-0.3, -0.25) is 0 Å². The van der Waals surface area contributed by atoms with Crippen LogP contribution in [0.4, 0.5) is 0 Å². The predicted octanol–water partition coefficient (Wildman–Crippen LogP) is 0.113. The molecule has 0 aromatic heterocycles. The fourth-order valence-corrected chi connectivity index (χ4v) is 1.32. The second-order valence-corrected chi connectivity index (χ2v) is 2.98. The number of methoxy groups -OCH3 is 1. The zero-order valence-electron chi connectivity index (χ0n) is 7.71. The lowest BCUT2D eigenvalue weighted by Crippen LogP contribution is -2.36. The summed E-state index contributed by atoms with van der Waals surface area (Å²) < 4.78 is 16.1. The van der Waals surface area contributed by atoms with Gasteiger partial charge in [-0.1, -0.05) is 6.92 Å². The monoisotopic (exact) mass is 175 g/mol. The summed E-state index contributed by atoms with van der Waals surface area (Å²) in [5.41, 5.74) is 5.46. The van der Waals surface area contributed by atoms with Crippen molar-refractivity contribution >= 4 is 0 Å². The quantitative estimate of drug-likeness (QED) is 0.659. The van der Waals surface area contributed by atoms with E-state index in [1.165, 1.54) is 0 Å². The van der Waals surface area contributed by atoms with E-state index in [9.17, 15) is 0 Å². The highest BCUT2D eigenvalue weighted by Crippen LogP contribution is 2.26. The zero-order chi connectivity index (χ0) is 9.03. The first kappa shape index (κ1) is 9.92. The van der Waals surface area contributed by atoms with Crippen molar-refractivity contribution in [3.05, 3.63) is 0 Å². The maximum absolute atomic E-state index is 5.62. The van der Waals surface area contributed by atoms with E-state index in [2.05, 4.69) is 0 Å². The number of nitrogens with two attached hydrogens (primary N) is 1. The number of hydrogen-bond acceptors (Lipinski definition) is 4. The minimum atomic E-state index is -0.543. The van der Waals surface area contributed by atoms with Crippen LogP contribution in [0.1, 0.15) is 13.3 Å². The van der Waals surface area contributed by atoms with Crippen LogP contribution in [0.15, 0.2) is 0 Å². The van der Waals surface area contributed by atoms with Crippen LogP contribution in [0, 0.1) is 0 Å². The third-order valence-corrected chi connectivity index (χ3v) is 2.08. The molecule has 1 rings (SSSR count). The van der Waals surface area contributed by atoms with Crippen LogP contribution >= 0.6 is 0 Å². The van der Waals surface area contributed by atoms with Gasteiger partial charge in [-0.05, 0) is 0 Å². The maximum Gasteiger partial charge on any atom is 0.192 e.